The number of amides is 1. The fourth-order valence-corrected chi connectivity index (χ4v) is 2.82. The Labute approximate surface area is 139 Å². The molecule has 1 aliphatic heterocycles. The van der Waals surface area contributed by atoms with Crippen molar-refractivity contribution in [3.05, 3.63) is 71.5 Å². The Kier molecular flexibility index (Phi) is 4.89. The van der Waals surface area contributed by atoms with Crippen molar-refractivity contribution in [3.63, 3.8) is 0 Å². The minimum Gasteiger partial charge on any atom is -0.462 e. The van der Waals surface area contributed by atoms with Gasteiger partial charge in [-0.25, -0.2) is 9.18 Å². The third-order valence-corrected chi connectivity index (χ3v) is 4.05. The van der Waals surface area contributed by atoms with E-state index < -0.39 is 11.8 Å². The topological polar surface area (TPSA) is 46.6 Å². The molecule has 0 aromatic heterocycles. The summed E-state index contributed by atoms with van der Waals surface area (Å²) in [6.45, 7) is 1.21. The zero-order chi connectivity index (χ0) is 16.9. The largest absolute Gasteiger partial charge is 0.462 e. The second-order valence-electron chi connectivity index (χ2n) is 5.91. The quantitative estimate of drug-likeness (QED) is 0.793. The molecule has 24 heavy (non-hydrogen) atoms. The van der Waals surface area contributed by atoms with E-state index in [9.17, 15) is 14.0 Å². The van der Waals surface area contributed by atoms with Gasteiger partial charge in [0.2, 0.25) is 5.91 Å². The molecule has 1 heterocycles. The number of rotatable bonds is 5. The Bertz CT molecular complexity index is 732. The Morgan fingerprint density at radius 3 is 2.58 bits per heavy atom. The van der Waals surface area contributed by atoms with Crippen LogP contribution in [0.15, 0.2) is 54.6 Å². The summed E-state index contributed by atoms with van der Waals surface area (Å²) in [4.78, 5) is 25.8. The van der Waals surface area contributed by atoms with E-state index in [0.717, 1.165) is 5.56 Å². The van der Waals surface area contributed by atoms with Crippen LogP contribution in [0, 0.1) is 11.7 Å². The van der Waals surface area contributed by atoms with Crippen molar-refractivity contribution in [1.29, 1.82) is 0 Å². The lowest BCUT2D eigenvalue weighted by Gasteiger charge is -2.16. The van der Waals surface area contributed by atoms with Crippen molar-refractivity contribution in [2.45, 2.75) is 13.0 Å². The Balaban J connectivity index is 1.53. The summed E-state index contributed by atoms with van der Waals surface area (Å²) in [6, 6.07) is 15.4. The average Bonchev–Trinajstić information content (AvgIpc) is 2.94. The van der Waals surface area contributed by atoms with Gasteiger partial charge in [-0.05, 0) is 17.7 Å². The van der Waals surface area contributed by atoms with Crippen molar-refractivity contribution in [2.24, 2.45) is 5.92 Å². The van der Waals surface area contributed by atoms with E-state index in [1.165, 1.54) is 18.2 Å². The summed E-state index contributed by atoms with van der Waals surface area (Å²) in [7, 11) is 0. The van der Waals surface area contributed by atoms with Crippen molar-refractivity contribution >= 4 is 11.9 Å². The molecule has 1 saturated heterocycles. The zero-order valence-corrected chi connectivity index (χ0v) is 13.2. The normalized spacial score (nSPS) is 17.1. The maximum absolute atomic E-state index is 13.5. The number of likely N-dealkylation sites (tertiary alicyclic amines) is 1. The monoisotopic (exact) mass is 327 g/mol. The van der Waals surface area contributed by atoms with Crippen molar-refractivity contribution in [2.75, 3.05) is 13.2 Å². The van der Waals surface area contributed by atoms with Gasteiger partial charge in [0.05, 0.1) is 12.2 Å². The lowest BCUT2D eigenvalue weighted by Crippen LogP contribution is -2.25. The van der Waals surface area contributed by atoms with Crippen LogP contribution in [0.1, 0.15) is 22.3 Å². The van der Waals surface area contributed by atoms with E-state index in [0.29, 0.717) is 19.5 Å². The molecular formula is C19H18FNO3. The first kappa shape index (κ1) is 16.2. The van der Waals surface area contributed by atoms with Crippen LogP contribution >= 0.6 is 0 Å². The van der Waals surface area contributed by atoms with Crippen LogP contribution in [-0.4, -0.2) is 29.9 Å². The van der Waals surface area contributed by atoms with Crippen molar-refractivity contribution in [3.8, 4) is 0 Å². The molecule has 5 heteroatoms. The summed E-state index contributed by atoms with van der Waals surface area (Å²) in [5.41, 5.74) is 0.984. The smallest absolute Gasteiger partial charge is 0.341 e. The van der Waals surface area contributed by atoms with Gasteiger partial charge >= 0.3 is 5.97 Å². The molecule has 4 nitrogen and oxygen atoms in total. The number of ether oxygens (including phenoxy) is 1. The highest BCUT2D eigenvalue weighted by Gasteiger charge is 2.30. The molecular weight excluding hydrogens is 309 g/mol. The number of nitrogens with zero attached hydrogens (tertiary/aromatic N) is 1. The number of hydrogen-bond donors (Lipinski definition) is 0. The third-order valence-electron chi connectivity index (χ3n) is 4.05. The molecule has 2 aromatic rings. The second-order valence-corrected chi connectivity index (χ2v) is 5.91. The molecule has 0 bridgehead atoms. The number of carbonyl (C=O) groups excluding carboxylic acids is 2. The first-order chi connectivity index (χ1) is 11.6. The Morgan fingerprint density at radius 2 is 1.83 bits per heavy atom. The summed E-state index contributed by atoms with van der Waals surface area (Å²) < 4.78 is 18.7. The van der Waals surface area contributed by atoms with Crippen molar-refractivity contribution in [1.82, 2.24) is 4.90 Å². The van der Waals surface area contributed by atoms with Crippen LogP contribution in [0.5, 0.6) is 0 Å². The molecule has 1 fully saturated rings. The Morgan fingerprint density at radius 1 is 1.12 bits per heavy atom. The number of hydrogen-bond acceptors (Lipinski definition) is 3. The van der Waals surface area contributed by atoms with Gasteiger partial charge in [0.15, 0.2) is 0 Å². The minimum atomic E-state index is -0.693. The lowest BCUT2D eigenvalue weighted by molar-refractivity contribution is -0.128. The van der Waals surface area contributed by atoms with E-state index in [2.05, 4.69) is 0 Å². The van der Waals surface area contributed by atoms with Crippen LogP contribution in [-0.2, 0) is 16.1 Å². The van der Waals surface area contributed by atoms with Gasteiger partial charge in [-0.2, -0.15) is 0 Å². The molecule has 0 N–H and O–H groups in total. The SMILES string of the molecule is O=C(OCC1CC(=O)N(Cc2ccccc2)C1)c1ccccc1F. The van der Waals surface area contributed by atoms with Gasteiger partial charge in [-0.1, -0.05) is 42.5 Å². The third kappa shape index (κ3) is 3.79. The summed E-state index contributed by atoms with van der Waals surface area (Å²) in [5, 5.41) is 0. The van der Waals surface area contributed by atoms with Gasteiger partial charge in [0.25, 0.3) is 0 Å². The molecule has 124 valence electrons. The zero-order valence-electron chi connectivity index (χ0n) is 13.2. The van der Waals surface area contributed by atoms with E-state index in [4.69, 9.17) is 4.74 Å². The van der Waals surface area contributed by atoms with Crippen LogP contribution in [0.25, 0.3) is 0 Å². The van der Waals surface area contributed by atoms with Crippen LogP contribution < -0.4 is 0 Å². The molecule has 1 aliphatic rings. The predicted molar refractivity (Wildman–Crippen MR) is 86.6 cm³/mol. The number of esters is 1. The molecule has 1 atom stereocenters. The highest BCUT2D eigenvalue weighted by Crippen LogP contribution is 2.21. The molecule has 3 rings (SSSR count). The highest BCUT2D eigenvalue weighted by molar-refractivity contribution is 5.89. The summed E-state index contributed by atoms with van der Waals surface area (Å²) in [6.07, 6.45) is 0.345. The molecule has 2 aromatic carbocycles. The van der Waals surface area contributed by atoms with E-state index in [1.54, 1.807) is 11.0 Å². The molecule has 0 radical (unpaired) electrons. The van der Waals surface area contributed by atoms with E-state index in [1.807, 2.05) is 30.3 Å². The summed E-state index contributed by atoms with van der Waals surface area (Å²) >= 11 is 0. The lowest BCUT2D eigenvalue weighted by atomic mass is 10.1. The first-order valence-electron chi connectivity index (χ1n) is 7.87. The van der Waals surface area contributed by atoms with Gasteiger partial charge in [-0.15, -0.1) is 0 Å². The number of benzene rings is 2. The minimum absolute atomic E-state index is 0.0470. The maximum atomic E-state index is 13.5. The molecule has 1 unspecified atom stereocenters. The average molecular weight is 327 g/mol. The number of halogens is 1. The second kappa shape index (κ2) is 7.25. The van der Waals surface area contributed by atoms with Crippen molar-refractivity contribution < 1.29 is 18.7 Å². The van der Waals surface area contributed by atoms with Gasteiger partial charge in [0, 0.05) is 25.4 Å². The fraction of sp³-hybridized carbons (Fsp3) is 0.263. The number of carbonyl (C=O) groups is 2. The van der Waals surface area contributed by atoms with Gasteiger partial charge < -0.3 is 9.64 Å². The predicted octanol–water partition coefficient (Wildman–Crippen LogP) is 3.03. The molecule has 0 spiro atoms. The first-order valence-corrected chi connectivity index (χ1v) is 7.87. The van der Waals surface area contributed by atoms with Crippen LogP contribution in [0.2, 0.25) is 0 Å². The van der Waals surface area contributed by atoms with E-state index >= 15 is 0 Å². The van der Waals surface area contributed by atoms with Gasteiger partial charge in [0.1, 0.15) is 5.82 Å². The van der Waals surface area contributed by atoms with Crippen LogP contribution in [0.3, 0.4) is 0 Å². The highest BCUT2D eigenvalue weighted by atomic mass is 19.1. The Hall–Kier alpha value is -2.69. The molecule has 0 aliphatic carbocycles. The standard InChI is InChI=1S/C19H18FNO3/c20-17-9-5-4-8-16(17)19(23)24-13-15-10-18(22)21(12-15)11-14-6-2-1-3-7-14/h1-9,15H,10-13H2. The summed E-state index contributed by atoms with van der Waals surface area (Å²) in [5.74, 6) is -1.31. The fourth-order valence-electron chi connectivity index (χ4n) is 2.82. The maximum Gasteiger partial charge on any atom is 0.341 e. The van der Waals surface area contributed by atoms with Gasteiger partial charge in [-0.3, -0.25) is 4.79 Å². The molecule has 0 saturated carbocycles. The van der Waals surface area contributed by atoms with Crippen LogP contribution in [0.4, 0.5) is 4.39 Å². The molecule has 1 amide bonds. The van der Waals surface area contributed by atoms with E-state index in [-0.39, 0.29) is 24.0 Å².